The van der Waals surface area contributed by atoms with E-state index in [1.165, 1.54) is 16.2 Å². The van der Waals surface area contributed by atoms with Crippen LogP contribution in [0.4, 0.5) is 5.13 Å². The lowest BCUT2D eigenvalue weighted by Gasteiger charge is -2.22. The molecule has 1 aliphatic rings. The number of nitrogens with zero attached hydrogens (tertiary/aromatic N) is 3. The van der Waals surface area contributed by atoms with E-state index in [2.05, 4.69) is 9.97 Å². The molecule has 1 atom stereocenters. The van der Waals surface area contributed by atoms with Crippen LogP contribution in [0.5, 0.6) is 0 Å². The lowest BCUT2D eigenvalue weighted by molar-refractivity contribution is -0.132. The van der Waals surface area contributed by atoms with Crippen molar-refractivity contribution < 1.29 is 14.7 Å². The first kappa shape index (κ1) is 20.3. The first-order chi connectivity index (χ1) is 16.6. The minimum atomic E-state index is -0.824. The molecule has 1 amide bonds. The van der Waals surface area contributed by atoms with Crippen LogP contribution < -0.4 is 4.90 Å². The van der Waals surface area contributed by atoms with Crippen molar-refractivity contribution in [3.05, 3.63) is 108 Å². The van der Waals surface area contributed by atoms with Gasteiger partial charge in [0.25, 0.3) is 5.78 Å². The lowest BCUT2D eigenvalue weighted by atomic mass is 9.95. The molecule has 164 valence electrons. The fourth-order valence-corrected chi connectivity index (χ4v) is 5.34. The van der Waals surface area contributed by atoms with Gasteiger partial charge in [-0.25, -0.2) is 4.98 Å². The predicted octanol–water partition coefficient (Wildman–Crippen LogP) is 5.47. The van der Waals surface area contributed by atoms with E-state index in [1.54, 1.807) is 30.6 Å². The van der Waals surface area contributed by atoms with Crippen molar-refractivity contribution in [3.8, 4) is 0 Å². The number of anilines is 1. The average molecular weight is 464 g/mol. The number of ketones is 1. The van der Waals surface area contributed by atoms with Gasteiger partial charge >= 0.3 is 5.91 Å². The number of amides is 1. The highest BCUT2D eigenvalue weighted by atomic mass is 32.1. The SMILES string of the molecule is O=C1C(=O)N(c2nc3ccccc3s2)C(c2ccncc2)/C1=C(\O)c1ccc2ccccc2c1. The van der Waals surface area contributed by atoms with Crippen LogP contribution in [0.2, 0.25) is 0 Å². The third kappa shape index (κ3) is 3.17. The Morgan fingerprint density at radius 2 is 1.62 bits per heavy atom. The molecule has 3 heterocycles. The van der Waals surface area contributed by atoms with Crippen molar-refractivity contribution >= 4 is 54.9 Å². The summed E-state index contributed by atoms with van der Waals surface area (Å²) in [6.45, 7) is 0. The molecule has 1 N–H and O–H groups in total. The summed E-state index contributed by atoms with van der Waals surface area (Å²) in [6, 6.07) is 23.4. The van der Waals surface area contributed by atoms with E-state index >= 15 is 0 Å². The number of rotatable bonds is 3. The monoisotopic (exact) mass is 463 g/mol. The summed E-state index contributed by atoms with van der Waals surface area (Å²) in [7, 11) is 0. The number of benzene rings is 3. The van der Waals surface area contributed by atoms with E-state index in [9.17, 15) is 14.7 Å². The zero-order valence-electron chi connectivity index (χ0n) is 17.8. The van der Waals surface area contributed by atoms with Crippen molar-refractivity contribution in [2.45, 2.75) is 6.04 Å². The van der Waals surface area contributed by atoms with Gasteiger partial charge in [0.05, 0.1) is 21.8 Å². The van der Waals surface area contributed by atoms with Crippen LogP contribution >= 0.6 is 11.3 Å². The number of carbonyl (C=O) groups excluding carboxylic acids is 2. The highest BCUT2D eigenvalue weighted by molar-refractivity contribution is 7.22. The van der Waals surface area contributed by atoms with Gasteiger partial charge in [0.2, 0.25) is 0 Å². The minimum Gasteiger partial charge on any atom is -0.507 e. The van der Waals surface area contributed by atoms with Crippen LogP contribution in [0.25, 0.3) is 26.7 Å². The number of para-hydroxylation sites is 1. The van der Waals surface area contributed by atoms with Crippen molar-refractivity contribution in [1.29, 1.82) is 0 Å². The van der Waals surface area contributed by atoms with Gasteiger partial charge in [-0.1, -0.05) is 59.9 Å². The summed E-state index contributed by atoms with van der Waals surface area (Å²) in [5, 5.41) is 13.7. The molecule has 0 saturated carbocycles. The van der Waals surface area contributed by atoms with Gasteiger partial charge in [-0.05, 0) is 46.7 Å². The zero-order chi connectivity index (χ0) is 23.2. The molecule has 7 heteroatoms. The Bertz CT molecular complexity index is 1590. The first-order valence-corrected chi connectivity index (χ1v) is 11.5. The van der Waals surface area contributed by atoms with Crippen LogP contribution in [-0.4, -0.2) is 26.8 Å². The minimum absolute atomic E-state index is 0.0331. The highest BCUT2D eigenvalue weighted by Crippen LogP contribution is 2.44. The molecule has 6 rings (SSSR count). The Morgan fingerprint density at radius 3 is 2.41 bits per heavy atom. The number of aliphatic hydroxyl groups excluding tert-OH is 1. The highest BCUT2D eigenvalue weighted by Gasteiger charge is 2.48. The number of aliphatic hydroxyl groups is 1. The number of aromatic nitrogens is 2. The number of hydrogen-bond acceptors (Lipinski definition) is 6. The quantitative estimate of drug-likeness (QED) is 0.218. The summed E-state index contributed by atoms with van der Waals surface area (Å²) in [6.07, 6.45) is 3.20. The fourth-order valence-electron chi connectivity index (χ4n) is 4.35. The van der Waals surface area contributed by atoms with Gasteiger partial charge in [-0.15, -0.1) is 0 Å². The topological polar surface area (TPSA) is 83.4 Å². The molecule has 0 radical (unpaired) electrons. The van der Waals surface area contributed by atoms with E-state index in [4.69, 9.17) is 0 Å². The third-order valence-corrected chi connectivity index (χ3v) is 7.01. The van der Waals surface area contributed by atoms with Crippen LogP contribution in [0.1, 0.15) is 17.2 Å². The molecule has 2 aromatic heterocycles. The van der Waals surface area contributed by atoms with Gasteiger partial charge in [-0.3, -0.25) is 19.5 Å². The van der Waals surface area contributed by atoms with E-state index in [0.29, 0.717) is 16.3 Å². The zero-order valence-corrected chi connectivity index (χ0v) is 18.6. The van der Waals surface area contributed by atoms with Crippen molar-refractivity contribution in [1.82, 2.24) is 9.97 Å². The van der Waals surface area contributed by atoms with Gasteiger partial charge < -0.3 is 5.11 Å². The molecule has 6 nitrogen and oxygen atoms in total. The molecule has 34 heavy (non-hydrogen) atoms. The molecule has 1 aliphatic heterocycles. The number of carbonyl (C=O) groups is 2. The van der Waals surface area contributed by atoms with E-state index in [-0.39, 0.29) is 11.3 Å². The summed E-state index contributed by atoms with van der Waals surface area (Å²) >= 11 is 1.33. The fraction of sp³-hybridized carbons (Fsp3) is 0.0370. The van der Waals surface area contributed by atoms with Crippen molar-refractivity contribution in [3.63, 3.8) is 0 Å². The van der Waals surface area contributed by atoms with Crippen LogP contribution in [0.3, 0.4) is 0 Å². The molecule has 0 bridgehead atoms. The maximum absolute atomic E-state index is 13.3. The maximum Gasteiger partial charge on any atom is 0.301 e. The Labute approximate surface area is 198 Å². The molecular weight excluding hydrogens is 446 g/mol. The lowest BCUT2D eigenvalue weighted by Crippen LogP contribution is -2.29. The number of fused-ring (bicyclic) bond motifs is 2. The van der Waals surface area contributed by atoms with Gasteiger partial charge in [0, 0.05) is 18.0 Å². The van der Waals surface area contributed by atoms with E-state index in [1.807, 2.05) is 60.7 Å². The summed E-state index contributed by atoms with van der Waals surface area (Å²) in [5.41, 5.74) is 1.91. The average Bonchev–Trinajstić information content (AvgIpc) is 3.42. The molecule has 3 aromatic carbocycles. The second-order valence-corrected chi connectivity index (χ2v) is 8.98. The summed E-state index contributed by atoms with van der Waals surface area (Å²) in [5.74, 6) is -1.68. The molecular formula is C27H17N3O3S. The smallest absolute Gasteiger partial charge is 0.301 e. The normalized spacial score (nSPS) is 17.6. The van der Waals surface area contributed by atoms with Crippen molar-refractivity contribution in [2.24, 2.45) is 0 Å². The Balaban J connectivity index is 1.57. The summed E-state index contributed by atoms with van der Waals surface area (Å²) < 4.78 is 0.905. The van der Waals surface area contributed by atoms with Gasteiger partial charge in [0.15, 0.2) is 5.13 Å². The van der Waals surface area contributed by atoms with Gasteiger partial charge in [0.1, 0.15) is 5.76 Å². The Kier molecular flexibility index (Phi) is 4.71. The Morgan fingerprint density at radius 1 is 0.882 bits per heavy atom. The van der Waals surface area contributed by atoms with Gasteiger partial charge in [-0.2, -0.15) is 0 Å². The van der Waals surface area contributed by atoms with E-state index in [0.717, 1.165) is 21.0 Å². The number of thiazole rings is 1. The molecule has 0 spiro atoms. The second kappa shape index (κ2) is 7.90. The standard InChI is InChI=1S/C27H17N3O3S/c31-24(19-10-9-16-5-1-2-6-18(16)15-19)22-23(17-11-13-28-14-12-17)30(26(33)25(22)32)27-29-20-7-3-4-8-21(20)34-27/h1-15,23,31H/b24-22+. The number of pyridine rings is 1. The number of hydrogen-bond donors (Lipinski definition) is 1. The predicted molar refractivity (Wildman–Crippen MR) is 133 cm³/mol. The maximum atomic E-state index is 13.3. The van der Waals surface area contributed by atoms with Crippen LogP contribution in [0, 0.1) is 0 Å². The summed E-state index contributed by atoms with van der Waals surface area (Å²) in [4.78, 5) is 36.7. The Hall–Kier alpha value is -4.36. The molecule has 1 fully saturated rings. The number of Topliss-reactive ketones (excluding diaryl/α,β-unsaturated/α-hetero) is 1. The van der Waals surface area contributed by atoms with Crippen LogP contribution in [-0.2, 0) is 9.59 Å². The molecule has 1 unspecified atom stereocenters. The van der Waals surface area contributed by atoms with Crippen LogP contribution in [0.15, 0.2) is 96.8 Å². The van der Waals surface area contributed by atoms with Crippen molar-refractivity contribution in [2.75, 3.05) is 4.90 Å². The molecule has 5 aromatic rings. The third-order valence-electron chi connectivity index (χ3n) is 5.98. The second-order valence-electron chi connectivity index (χ2n) is 7.98. The molecule has 1 saturated heterocycles. The van der Waals surface area contributed by atoms with E-state index < -0.39 is 17.7 Å². The first-order valence-electron chi connectivity index (χ1n) is 10.7. The largest absolute Gasteiger partial charge is 0.507 e. The molecule has 0 aliphatic carbocycles.